The first-order chi connectivity index (χ1) is 7.09. The highest BCUT2D eigenvalue weighted by molar-refractivity contribution is 7.80. The molecule has 0 amide bonds. The highest BCUT2D eigenvalue weighted by Crippen LogP contribution is 2.28. The summed E-state index contributed by atoms with van der Waals surface area (Å²) in [5, 5.41) is 4.52. The Morgan fingerprint density at radius 2 is 1.93 bits per heavy atom. The molecule has 3 heteroatoms. The maximum Gasteiger partial charge on any atom is 0.169 e. The Bertz CT molecular complexity index is 244. The molecule has 0 aromatic rings. The molecule has 1 saturated carbocycles. The molecule has 1 heterocycles. The van der Waals surface area contributed by atoms with Crippen LogP contribution in [-0.4, -0.2) is 28.1 Å². The van der Waals surface area contributed by atoms with Gasteiger partial charge in [0.15, 0.2) is 5.11 Å². The molecule has 0 atom stereocenters. The molecule has 2 nitrogen and oxygen atoms in total. The van der Waals surface area contributed by atoms with E-state index in [-0.39, 0.29) is 5.54 Å². The molecule has 0 aromatic heterocycles. The second-order valence-corrected chi connectivity index (χ2v) is 5.89. The Morgan fingerprint density at radius 1 is 1.27 bits per heavy atom. The fraction of sp³-hybridized carbons (Fsp3) is 0.917. The minimum atomic E-state index is 0.267. The summed E-state index contributed by atoms with van der Waals surface area (Å²) in [6.45, 7) is 5.72. The summed E-state index contributed by atoms with van der Waals surface area (Å²) in [5.41, 5.74) is 0.267. The van der Waals surface area contributed by atoms with Crippen LogP contribution in [0.25, 0.3) is 0 Å². The third-order valence-corrected chi connectivity index (χ3v) is 4.17. The zero-order valence-corrected chi connectivity index (χ0v) is 10.7. The van der Waals surface area contributed by atoms with E-state index in [0.29, 0.717) is 6.04 Å². The van der Waals surface area contributed by atoms with Crippen molar-refractivity contribution in [1.82, 2.24) is 10.2 Å². The number of hydrogen-bond acceptors (Lipinski definition) is 1. The maximum atomic E-state index is 5.51. The summed E-state index contributed by atoms with van der Waals surface area (Å²) in [6.07, 6.45) is 7.87. The van der Waals surface area contributed by atoms with Gasteiger partial charge in [-0.15, -0.1) is 0 Å². The standard InChI is InChI=1S/C12H22N2S/c1-12(2)8-5-9-14(12)11(15)13-10-6-3-4-7-10/h10H,3-9H2,1-2H3,(H,13,15). The van der Waals surface area contributed by atoms with Gasteiger partial charge in [0.2, 0.25) is 0 Å². The zero-order valence-electron chi connectivity index (χ0n) is 9.88. The zero-order chi connectivity index (χ0) is 10.9. The SMILES string of the molecule is CC1(C)CCCN1C(=S)NC1CCCC1. The monoisotopic (exact) mass is 226 g/mol. The van der Waals surface area contributed by atoms with E-state index >= 15 is 0 Å². The average molecular weight is 226 g/mol. The lowest BCUT2D eigenvalue weighted by Gasteiger charge is -2.35. The molecule has 0 radical (unpaired) electrons. The number of rotatable bonds is 1. The third kappa shape index (κ3) is 2.44. The number of nitrogens with zero attached hydrogens (tertiary/aromatic N) is 1. The van der Waals surface area contributed by atoms with Gasteiger partial charge in [0.25, 0.3) is 0 Å². The van der Waals surface area contributed by atoms with Crippen molar-refractivity contribution < 1.29 is 0 Å². The second kappa shape index (κ2) is 4.28. The minimum absolute atomic E-state index is 0.267. The van der Waals surface area contributed by atoms with Crippen LogP contribution in [-0.2, 0) is 0 Å². The van der Waals surface area contributed by atoms with Gasteiger partial charge in [0, 0.05) is 18.1 Å². The quantitative estimate of drug-likeness (QED) is 0.692. The first-order valence-electron chi connectivity index (χ1n) is 6.18. The van der Waals surface area contributed by atoms with Gasteiger partial charge in [-0.2, -0.15) is 0 Å². The number of hydrogen-bond donors (Lipinski definition) is 1. The molecular formula is C12H22N2S. The normalized spacial score (nSPS) is 25.9. The Morgan fingerprint density at radius 3 is 2.47 bits per heavy atom. The fourth-order valence-electron chi connectivity index (χ4n) is 2.81. The summed E-state index contributed by atoms with van der Waals surface area (Å²) in [7, 11) is 0. The molecule has 2 aliphatic rings. The van der Waals surface area contributed by atoms with E-state index in [0.717, 1.165) is 11.7 Å². The van der Waals surface area contributed by atoms with Crippen molar-refractivity contribution >= 4 is 17.3 Å². The van der Waals surface area contributed by atoms with Crippen molar-refractivity contribution in [1.29, 1.82) is 0 Å². The molecule has 0 spiro atoms. The summed E-state index contributed by atoms with van der Waals surface area (Å²) in [4.78, 5) is 2.38. The lowest BCUT2D eigenvalue weighted by atomic mass is 10.0. The van der Waals surface area contributed by atoms with Crippen LogP contribution in [0.5, 0.6) is 0 Å². The van der Waals surface area contributed by atoms with Crippen LogP contribution in [0, 0.1) is 0 Å². The van der Waals surface area contributed by atoms with Crippen LogP contribution in [0.1, 0.15) is 52.4 Å². The molecule has 86 valence electrons. The van der Waals surface area contributed by atoms with Crippen molar-refractivity contribution in [3.63, 3.8) is 0 Å². The topological polar surface area (TPSA) is 15.3 Å². The molecule has 1 N–H and O–H groups in total. The van der Waals surface area contributed by atoms with E-state index in [4.69, 9.17) is 12.2 Å². The molecule has 15 heavy (non-hydrogen) atoms. The minimum Gasteiger partial charge on any atom is -0.360 e. The molecule has 0 bridgehead atoms. The molecule has 0 aromatic carbocycles. The largest absolute Gasteiger partial charge is 0.360 e. The van der Waals surface area contributed by atoms with E-state index in [1.807, 2.05) is 0 Å². The van der Waals surface area contributed by atoms with Crippen molar-refractivity contribution in [3.8, 4) is 0 Å². The molecule has 0 unspecified atom stereocenters. The van der Waals surface area contributed by atoms with Crippen LogP contribution in [0.15, 0.2) is 0 Å². The van der Waals surface area contributed by atoms with E-state index < -0.39 is 0 Å². The molecule has 1 aliphatic carbocycles. The Kier molecular flexibility index (Phi) is 3.19. The van der Waals surface area contributed by atoms with E-state index in [9.17, 15) is 0 Å². The molecule has 2 fully saturated rings. The van der Waals surface area contributed by atoms with Crippen LogP contribution in [0.4, 0.5) is 0 Å². The van der Waals surface area contributed by atoms with E-state index in [1.54, 1.807) is 0 Å². The highest BCUT2D eigenvalue weighted by atomic mass is 32.1. The van der Waals surface area contributed by atoms with Crippen LogP contribution in [0.2, 0.25) is 0 Å². The highest BCUT2D eigenvalue weighted by Gasteiger charge is 2.34. The summed E-state index contributed by atoms with van der Waals surface area (Å²) >= 11 is 5.51. The Labute approximate surface area is 98.4 Å². The predicted octanol–water partition coefficient (Wildman–Crippen LogP) is 2.68. The predicted molar refractivity (Wildman–Crippen MR) is 68.0 cm³/mol. The number of likely N-dealkylation sites (tertiary alicyclic amines) is 1. The third-order valence-electron chi connectivity index (χ3n) is 3.83. The van der Waals surface area contributed by atoms with Crippen LogP contribution in [0.3, 0.4) is 0 Å². The van der Waals surface area contributed by atoms with Crippen LogP contribution >= 0.6 is 12.2 Å². The van der Waals surface area contributed by atoms with Crippen molar-refractivity contribution in [2.75, 3.05) is 6.54 Å². The van der Waals surface area contributed by atoms with Gasteiger partial charge in [0.1, 0.15) is 0 Å². The lowest BCUT2D eigenvalue weighted by Crippen LogP contribution is -2.50. The van der Waals surface area contributed by atoms with Crippen LogP contribution < -0.4 is 5.32 Å². The van der Waals surface area contributed by atoms with Gasteiger partial charge in [-0.1, -0.05) is 12.8 Å². The first-order valence-corrected chi connectivity index (χ1v) is 6.58. The molecule has 1 saturated heterocycles. The van der Waals surface area contributed by atoms with Gasteiger partial charge in [0.05, 0.1) is 0 Å². The van der Waals surface area contributed by atoms with E-state index in [1.165, 1.54) is 38.5 Å². The number of nitrogens with one attached hydrogen (secondary N) is 1. The Balaban J connectivity index is 1.89. The molecular weight excluding hydrogens is 204 g/mol. The molecule has 2 rings (SSSR count). The van der Waals surface area contributed by atoms with Gasteiger partial charge in [-0.05, 0) is 51.7 Å². The van der Waals surface area contributed by atoms with E-state index in [2.05, 4.69) is 24.1 Å². The fourth-order valence-corrected chi connectivity index (χ4v) is 3.31. The Hall–Kier alpha value is -0.310. The molecule has 1 aliphatic heterocycles. The second-order valence-electron chi connectivity index (χ2n) is 5.50. The van der Waals surface area contributed by atoms with Crippen molar-refractivity contribution in [3.05, 3.63) is 0 Å². The summed E-state index contributed by atoms with van der Waals surface area (Å²) < 4.78 is 0. The smallest absolute Gasteiger partial charge is 0.169 e. The summed E-state index contributed by atoms with van der Waals surface area (Å²) in [6, 6.07) is 0.647. The number of thiocarbonyl (C=S) groups is 1. The lowest BCUT2D eigenvalue weighted by molar-refractivity contribution is 0.275. The van der Waals surface area contributed by atoms with Gasteiger partial charge < -0.3 is 10.2 Å². The van der Waals surface area contributed by atoms with Gasteiger partial charge in [-0.3, -0.25) is 0 Å². The average Bonchev–Trinajstić information content (AvgIpc) is 2.73. The van der Waals surface area contributed by atoms with Gasteiger partial charge in [-0.25, -0.2) is 0 Å². The van der Waals surface area contributed by atoms with Crippen molar-refractivity contribution in [2.45, 2.75) is 64.0 Å². The van der Waals surface area contributed by atoms with Crippen molar-refractivity contribution in [2.24, 2.45) is 0 Å². The summed E-state index contributed by atoms with van der Waals surface area (Å²) in [5.74, 6) is 0. The van der Waals surface area contributed by atoms with Gasteiger partial charge >= 0.3 is 0 Å². The maximum absolute atomic E-state index is 5.51. The first kappa shape index (κ1) is 11.2.